The number of nitrogens with zero attached hydrogens (tertiary/aromatic N) is 3. The van der Waals surface area contributed by atoms with Gasteiger partial charge >= 0.3 is 0 Å². The molecule has 2 heterocycles. The van der Waals surface area contributed by atoms with Gasteiger partial charge in [0.25, 0.3) is 0 Å². The van der Waals surface area contributed by atoms with Crippen molar-refractivity contribution in [1.29, 1.82) is 0 Å². The molecular formula is C22H24N4. The Morgan fingerprint density at radius 1 is 0.923 bits per heavy atom. The van der Waals surface area contributed by atoms with Crippen molar-refractivity contribution in [1.82, 2.24) is 15.2 Å². The monoisotopic (exact) mass is 344 g/mol. The number of aromatic nitrogens is 3. The van der Waals surface area contributed by atoms with Gasteiger partial charge < -0.3 is 5.32 Å². The molecular weight excluding hydrogens is 320 g/mol. The molecule has 0 saturated carbocycles. The van der Waals surface area contributed by atoms with Crippen LogP contribution in [0, 0.1) is 0 Å². The summed E-state index contributed by atoms with van der Waals surface area (Å²) in [6.07, 6.45) is 13.1. The van der Waals surface area contributed by atoms with Gasteiger partial charge in [-0.2, -0.15) is 5.10 Å². The summed E-state index contributed by atoms with van der Waals surface area (Å²) < 4.78 is 0. The van der Waals surface area contributed by atoms with Crippen LogP contribution in [0.2, 0.25) is 0 Å². The molecule has 0 bridgehead atoms. The normalized spacial score (nSPS) is 14.2. The molecule has 0 fully saturated rings. The minimum absolute atomic E-state index is 0.767. The Kier molecular flexibility index (Phi) is 5.19. The third-order valence-electron chi connectivity index (χ3n) is 5.01. The minimum atomic E-state index is 0.767. The van der Waals surface area contributed by atoms with Crippen LogP contribution in [0.15, 0.2) is 60.4 Å². The van der Waals surface area contributed by atoms with E-state index in [4.69, 9.17) is 0 Å². The van der Waals surface area contributed by atoms with Crippen LogP contribution in [0.1, 0.15) is 43.4 Å². The van der Waals surface area contributed by atoms with E-state index in [1.165, 1.54) is 36.6 Å². The van der Waals surface area contributed by atoms with Crippen LogP contribution in [0.5, 0.6) is 0 Å². The van der Waals surface area contributed by atoms with E-state index in [2.05, 4.69) is 50.8 Å². The molecule has 1 aromatic carbocycles. The van der Waals surface area contributed by atoms with Crippen molar-refractivity contribution >= 4 is 16.6 Å². The Balaban J connectivity index is 1.53. The van der Waals surface area contributed by atoms with Crippen LogP contribution < -0.4 is 5.32 Å². The molecule has 4 nitrogen and oxygen atoms in total. The smallest absolute Gasteiger partial charge is 0.156 e. The number of rotatable bonds is 6. The third-order valence-corrected chi connectivity index (χ3v) is 5.01. The lowest BCUT2D eigenvalue weighted by atomic mass is 9.97. The summed E-state index contributed by atoms with van der Waals surface area (Å²) in [6.45, 7) is 0.911. The van der Waals surface area contributed by atoms with Crippen molar-refractivity contribution in [2.45, 2.75) is 38.5 Å². The predicted octanol–water partition coefficient (Wildman–Crippen LogP) is 4.92. The van der Waals surface area contributed by atoms with E-state index in [-0.39, 0.29) is 0 Å². The van der Waals surface area contributed by atoms with Crippen molar-refractivity contribution in [3.63, 3.8) is 0 Å². The average molecular weight is 344 g/mol. The number of hydrogen-bond donors (Lipinski definition) is 1. The predicted molar refractivity (Wildman–Crippen MR) is 106 cm³/mol. The second-order valence-corrected chi connectivity index (χ2v) is 6.86. The van der Waals surface area contributed by atoms with Gasteiger partial charge in [-0.3, -0.25) is 4.98 Å². The van der Waals surface area contributed by atoms with Crippen molar-refractivity contribution in [3.8, 4) is 0 Å². The van der Waals surface area contributed by atoms with Crippen LogP contribution in [-0.4, -0.2) is 21.7 Å². The van der Waals surface area contributed by atoms with Gasteiger partial charge in [0.05, 0.1) is 5.69 Å². The van der Waals surface area contributed by atoms with E-state index in [0.29, 0.717) is 0 Å². The van der Waals surface area contributed by atoms with E-state index >= 15 is 0 Å². The maximum atomic E-state index is 4.52. The highest BCUT2D eigenvalue weighted by atomic mass is 15.2. The van der Waals surface area contributed by atoms with Gasteiger partial charge in [-0.15, -0.1) is 5.10 Å². The van der Waals surface area contributed by atoms with Gasteiger partial charge in [-0.1, -0.05) is 35.9 Å². The molecule has 4 heteroatoms. The van der Waals surface area contributed by atoms with Crippen molar-refractivity contribution in [2.75, 3.05) is 11.9 Å². The molecule has 4 rings (SSSR count). The molecule has 1 aliphatic rings. The number of fused-ring (bicyclic) bond motifs is 1. The Labute approximate surface area is 154 Å². The first kappa shape index (κ1) is 16.7. The molecule has 0 aliphatic heterocycles. The Morgan fingerprint density at radius 2 is 1.77 bits per heavy atom. The van der Waals surface area contributed by atoms with E-state index in [0.717, 1.165) is 36.3 Å². The van der Waals surface area contributed by atoms with E-state index < -0.39 is 0 Å². The fourth-order valence-electron chi connectivity index (χ4n) is 3.59. The van der Waals surface area contributed by atoms with E-state index in [1.807, 2.05) is 24.5 Å². The molecule has 0 unspecified atom stereocenters. The molecule has 132 valence electrons. The maximum Gasteiger partial charge on any atom is 0.156 e. The standard InChI is InChI=1S/C22H24N4/c1-2-6-17(7-3-1)12-15-24-22-20-9-5-4-8-19(20)21(25-26-22)16-18-10-13-23-14-11-18/h4-6,8-11,13-14H,1-3,7,12,15-16H2,(H,24,26). The fraction of sp³-hybridized carbons (Fsp3) is 0.318. The number of nitrogens with one attached hydrogen (secondary N) is 1. The second kappa shape index (κ2) is 8.09. The average Bonchev–Trinajstić information content (AvgIpc) is 2.71. The second-order valence-electron chi connectivity index (χ2n) is 6.86. The summed E-state index contributed by atoms with van der Waals surface area (Å²) in [6, 6.07) is 12.4. The van der Waals surface area contributed by atoms with E-state index in [1.54, 1.807) is 5.57 Å². The van der Waals surface area contributed by atoms with Crippen LogP contribution in [0.3, 0.4) is 0 Å². The van der Waals surface area contributed by atoms with Gasteiger partial charge in [-0.05, 0) is 49.8 Å². The Hall–Kier alpha value is -2.75. The summed E-state index contributed by atoms with van der Waals surface area (Å²) in [5.74, 6) is 0.885. The zero-order valence-electron chi connectivity index (χ0n) is 15.0. The lowest BCUT2D eigenvalue weighted by Crippen LogP contribution is -2.08. The molecule has 1 aliphatic carbocycles. The summed E-state index contributed by atoms with van der Waals surface area (Å²) in [5.41, 5.74) is 3.78. The summed E-state index contributed by atoms with van der Waals surface area (Å²) >= 11 is 0. The molecule has 26 heavy (non-hydrogen) atoms. The highest BCUT2D eigenvalue weighted by Gasteiger charge is 2.10. The first-order valence-electron chi connectivity index (χ1n) is 9.45. The lowest BCUT2D eigenvalue weighted by molar-refractivity contribution is 0.679. The molecule has 0 atom stereocenters. The van der Waals surface area contributed by atoms with E-state index in [9.17, 15) is 0 Å². The maximum absolute atomic E-state index is 4.52. The highest BCUT2D eigenvalue weighted by Crippen LogP contribution is 2.25. The summed E-state index contributed by atoms with van der Waals surface area (Å²) in [4.78, 5) is 4.09. The summed E-state index contributed by atoms with van der Waals surface area (Å²) in [7, 11) is 0. The molecule has 1 N–H and O–H groups in total. The SMILES string of the molecule is C1=C(CCNc2nnc(Cc3ccncc3)c3ccccc23)CCCC1. The number of allylic oxidation sites excluding steroid dienone is 1. The van der Waals surface area contributed by atoms with Crippen molar-refractivity contribution in [2.24, 2.45) is 0 Å². The Bertz CT molecular complexity index is 902. The number of anilines is 1. The first-order valence-corrected chi connectivity index (χ1v) is 9.45. The Morgan fingerprint density at radius 3 is 2.58 bits per heavy atom. The first-order chi connectivity index (χ1) is 12.9. The zero-order chi connectivity index (χ0) is 17.6. The largest absolute Gasteiger partial charge is 0.368 e. The van der Waals surface area contributed by atoms with Gasteiger partial charge in [0.1, 0.15) is 0 Å². The van der Waals surface area contributed by atoms with Gasteiger partial charge in [0.15, 0.2) is 5.82 Å². The van der Waals surface area contributed by atoms with Crippen LogP contribution >= 0.6 is 0 Å². The van der Waals surface area contributed by atoms with Gasteiger partial charge in [-0.25, -0.2) is 0 Å². The van der Waals surface area contributed by atoms with Crippen LogP contribution in [0.4, 0.5) is 5.82 Å². The van der Waals surface area contributed by atoms with Crippen molar-refractivity contribution < 1.29 is 0 Å². The number of pyridine rings is 1. The molecule has 0 saturated heterocycles. The third kappa shape index (κ3) is 3.90. The highest BCUT2D eigenvalue weighted by molar-refractivity contribution is 5.93. The molecule has 0 amide bonds. The van der Waals surface area contributed by atoms with Crippen molar-refractivity contribution in [3.05, 3.63) is 71.7 Å². The van der Waals surface area contributed by atoms with Crippen LogP contribution in [-0.2, 0) is 6.42 Å². The van der Waals surface area contributed by atoms with Gasteiger partial charge in [0, 0.05) is 36.1 Å². The molecule has 3 aromatic rings. The lowest BCUT2D eigenvalue weighted by Gasteiger charge is -2.14. The quantitative estimate of drug-likeness (QED) is 0.645. The topological polar surface area (TPSA) is 50.7 Å². The molecule has 2 aromatic heterocycles. The molecule has 0 radical (unpaired) electrons. The van der Waals surface area contributed by atoms with Crippen LogP contribution in [0.25, 0.3) is 10.8 Å². The minimum Gasteiger partial charge on any atom is -0.368 e. The van der Waals surface area contributed by atoms with Gasteiger partial charge in [0.2, 0.25) is 0 Å². The number of hydrogen-bond acceptors (Lipinski definition) is 4. The zero-order valence-corrected chi connectivity index (χ0v) is 15.0. The molecule has 0 spiro atoms. The fourth-order valence-corrected chi connectivity index (χ4v) is 3.59. The summed E-state index contributed by atoms with van der Waals surface area (Å²) in [5, 5.41) is 14.8. The number of benzene rings is 1.